The third kappa shape index (κ3) is 3.57. The summed E-state index contributed by atoms with van der Waals surface area (Å²) in [5.74, 6) is -0.460. The molecule has 7 heteroatoms. The Kier molecular flexibility index (Phi) is 4.08. The van der Waals surface area contributed by atoms with Gasteiger partial charge in [-0.15, -0.1) is 0 Å². The third-order valence-corrected chi connectivity index (χ3v) is 1.47. The minimum Gasteiger partial charge on any atom is -0.511 e. The van der Waals surface area contributed by atoms with E-state index in [9.17, 15) is 4.79 Å². The second kappa shape index (κ2) is 5.33. The van der Waals surface area contributed by atoms with Crippen molar-refractivity contribution in [3.05, 3.63) is 24.0 Å². The van der Waals surface area contributed by atoms with Crippen LogP contribution in [-0.2, 0) is 4.74 Å². The van der Waals surface area contributed by atoms with Crippen molar-refractivity contribution in [2.75, 3.05) is 6.61 Å². The van der Waals surface area contributed by atoms with E-state index in [-0.39, 0.29) is 17.9 Å². The van der Waals surface area contributed by atoms with Gasteiger partial charge in [0.05, 0.1) is 18.4 Å². The van der Waals surface area contributed by atoms with Crippen LogP contribution in [0.3, 0.4) is 0 Å². The van der Waals surface area contributed by atoms with E-state index in [1.165, 1.54) is 18.5 Å². The van der Waals surface area contributed by atoms with Crippen LogP contribution in [-0.4, -0.2) is 34.9 Å². The van der Waals surface area contributed by atoms with E-state index in [4.69, 9.17) is 14.8 Å². The molecule has 80 valence electrons. The van der Waals surface area contributed by atoms with Crippen LogP contribution >= 0.6 is 0 Å². The van der Waals surface area contributed by atoms with Crippen LogP contribution in [0.5, 0.6) is 5.75 Å². The van der Waals surface area contributed by atoms with Gasteiger partial charge in [0.2, 0.25) is 0 Å². The van der Waals surface area contributed by atoms with Gasteiger partial charge in [0.25, 0.3) is 0 Å². The Morgan fingerprint density at radius 1 is 1.53 bits per heavy atom. The van der Waals surface area contributed by atoms with E-state index >= 15 is 0 Å². The Morgan fingerprint density at radius 2 is 2.27 bits per heavy atom. The highest BCUT2D eigenvalue weighted by Gasteiger charge is 2.13. The smallest absolute Gasteiger partial charge is 0.511 e. The number of pyridine rings is 1. The van der Waals surface area contributed by atoms with Gasteiger partial charge in [0, 0.05) is 6.20 Å². The minimum absolute atomic E-state index is 0.0792. The van der Waals surface area contributed by atoms with Crippen LogP contribution in [0.2, 0.25) is 0 Å². The zero-order chi connectivity index (χ0) is 11.3. The number of aromatic nitrogens is 1. The zero-order valence-corrected chi connectivity index (χ0v) is 8.08. The number of nitrogens with zero attached hydrogens (tertiary/aromatic N) is 1. The fourth-order valence-electron chi connectivity index (χ4n) is 0.931. The van der Waals surface area contributed by atoms with E-state index in [1.54, 1.807) is 6.92 Å². The van der Waals surface area contributed by atoms with Crippen LogP contribution in [0.4, 0.5) is 0 Å². The first-order valence-corrected chi connectivity index (χ1v) is 4.28. The molecule has 0 aliphatic carbocycles. The summed E-state index contributed by atoms with van der Waals surface area (Å²) in [6, 6.07) is 1.31. The summed E-state index contributed by atoms with van der Waals surface area (Å²) in [4.78, 5) is 14.9. The van der Waals surface area contributed by atoms with Crippen LogP contribution in [0, 0.1) is 0 Å². The highest BCUT2D eigenvalue weighted by molar-refractivity contribution is 6.33. The van der Waals surface area contributed by atoms with Crippen molar-refractivity contribution >= 4 is 13.3 Å². The Bertz CT molecular complexity index is 344. The van der Waals surface area contributed by atoms with E-state index in [1.807, 2.05) is 0 Å². The lowest BCUT2D eigenvalue weighted by molar-refractivity contribution is 0.0525. The van der Waals surface area contributed by atoms with Crippen molar-refractivity contribution in [1.29, 1.82) is 0 Å². The lowest BCUT2D eigenvalue weighted by atomic mass is 10.2. The largest absolute Gasteiger partial charge is 0.707 e. The number of hydrogen-bond acceptors (Lipinski definition) is 6. The topological polar surface area (TPSA) is 88.9 Å². The average Bonchev–Trinajstić information content (AvgIpc) is 2.17. The van der Waals surface area contributed by atoms with Gasteiger partial charge in [-0.05, 0) is 13.0 Å². The first kappa shape index (κ1) is 11.5. The predicted molar refractivity (Wildman–Crippen MR) is 51.0 cm³/mol. The van der Waals surface area contributed by atoms with Crippen molar-refractivity contribution in [3.8, 4) is 5.75 Å². The van der Waals surface area contributed by atoms with E-state index in [0.717, 1.165) is 0 Å². The van der Waals surface area contributed by atoms with E-state index in [0.29, 0.717) is 0 Å². The van der Waals surface area contributed by atoms with Crippen molar-refractivity contribution in [2.45, 2.75) is 6.92 Å². The van der Waals surface area contributed by atoms with Crippen molar-refractivity contribution in [1.82, 2.24) is 4.98 Å². The summed E-state index contributed by atoms with van der Waals surface area (Å²) in [7, 11) is -1.94. The van der Waals surface area contributed by atoms with Crippen molar-refractivity contribution in [2.24, 2.45) is 0 Å². The molecule has 0 fully saturated rings. The monoisotopic (exact) mass is 211 g/mol. The molecule has 0 unspecified atom stereocenters. The van der Waals surface area contributed by atoms with Crippen molar-refractivity contribution < 1.29 is 24.2 Å². The van der Waals surface area contributed by atoms with Crippen LogP contribution in [0.15, 0.2) is 18.5 Å². The number of carbonyl (C=O) groups is 1. The molecule has 1 aromatic heterocycles. The Labute approximate surface area is 86.7 Å². The molecule has 1 rings (SSSR count). The minimum atomic E-state index is -1.94. The number of carbonyl (C=O) groups excluding carboxylic acids is 1. The second-order valence-electron chi connectivity index (χ2n) is 2.57. The Hall–Kier alpha value is -1.60. The maximum absolute atomic E-state index is 11.2. The lowest BCUT2D eigenvalue weighted by Gasteiger charge is -2.05. The Morgan fingerprint density at radius 3 is 2.87 bits per heavy atom. The molecule has 0 amide bonds. The van der Waals surface area contributed by atoms with Crippen molar-refractivity contribution in [3.63, 3.8) is 0 Å². The standard InChI is InChI=1S/C8H10BNO5/c1-2-14-8(11)6-3-7(5-10-4-6)15-9(12)13/h3-5,12-13H,2H2,1H3. The predicted octanol–water partition coefficient (Wildman–Crippen LogP) is -0.393. The maximum Gasteiger partial charge on any atom is 0.707 e. The van der Waals surface area contributed by atoms with Gasteiger partial charge in [-0.1, -0.05) is 0 Å². The van der Waals surface area contributed by atoms with Crippen LogP contribution in [0.25, 0.3) is 0 Å². The number of rotatable bonds is 4. The first-order chi connectivity index (χ1) is 7.13. The van der Waals surface area contributed by atoms with E-state index in [2.05, 4.69) is 9.64 Å². The van der Waals surface area contributed by atoms with Crippen LogP contribution in [0.1, 0.15) is 17.3 Å². The van der Waals surface area contributed by atoms with Gasteiger partial charge in [-0.3, -0.25) is 4.98 Å². The molecular formula is C8H10BNO5. The van der Waals surface area contributed by atoms with Gasteiger partial charge in [0.15, 0.2) is 0 Å². The molecule has 0 aromatic carbocycles. The molecule has 0 saturated carbocycles. The second-order valence-corrected chi connectivity index (χ2v) is 2.57. The van der Waals surface area contributed by atoms with Gasteiger partial charge in [-0.25, -0.2) is 4.79 Å². The fourth-order valence-corrected chi connectivity index (χ4v) is 0.931. The molecule has 6 nitrogen and oxygen atoms in total. The summed E-state index contributed by atoms with van der Waals surface area (Å²) < 4.78 is 9.25. The molecule has 0 aliphatic rings. The Balaban J connectivity index is 2.78. The molecule has 0 aliphatic heterocycles. The maximum atomic E-state index is 11.2. The SMILES string of the molecule is CCOC(=O)c1cncc(OB(O)O)c1. The highest BCUT2D eigenvalue weighted by atomic mass is 16.6. The fraction of sp³-hybridized carbons (Fsp3) is 0.250. The highest BCUT2D eigenvalue weighted by Crippen LogP contribution is 2.12. The molecule has 1 heterocycles. The van der Waals surface area contributed by atoms with Gasteiger partial charge >= 0.3 is 13.3 Å². The van der Waals surface area contributed by atoms with Gasteiger partial charge in [-0.2, -0.15) is 0 Å². The number of ether oxygens (including phenoxy) is 1. The average molecular weight is 211 g/mol. The van der Waals surface area contributed by atoms with Crippen LogP contribution < -0.4 is 4.65 Å². The summed E-state index contributed by atoms with van der Waals surface area (Å²) in [6.07, 6.45) is 2.55. The molecule has 0 spiro atoms. The molecule has 1 aromatic rings. The molecule has 0 atom stereocenters. The van der Waals surface area contributed by atoms with E-state index < -0.39 is 13.3 Å². The summed E-state index contributed by atoms with van der Waals surface area (Å²) in [6.45, 7) is 1.94. The lowest BCUT2D eigenvalue weighted by Crippen LogP contribution is -2.20. The molecule has 0 radical (unpaired) electrons. The normalized spacial score (nSPS) is 9.53. The molecule has 0 saturated heterocycles. The molecule has 0 bridgehead atoms. The summed E-state index contributed by atoms with van der Waals surface area (Å²) in [5, 5.41) is 17.1. The quantitative estimate of drug-likeness (QED) is 0.520. The van der Waals surface area contributed by atoms with Gasteiger partial charge in [0.1, 0.15) is 5.75 Å². The summed E-state index contributed by atoms with van der Waals surface area (Å²) >= 11 is 0. The van der Waals surface area contributed by atoms with Gasteiger partial charge < -0.3 is 19.4 Å². The number of hydrogen-bond donors (Lipinski definition) is 2. The first-order valence-electron chi connectivity index (χ1n) is 4.28. The number of esters is 1. The summed E-state index contributed by atoms with van der Waals surface area (Å²) in [5.41, 5.74) is 0.190. The molecule has 15 heavy (non-hydrogen) atoms. The molecular weight excluding hydrogens is 201 g/mol. The molecule has 2 N–H and O–H groups in total. The third-order valence-electron chi connectivity index (χ3n) is 1.47. The zero-order valence-electron chi connectivity index (χ0n) is 8.08.